The zero-order chi connectivity index (χ0) is 17.6. The first-order chi connectivity index (χ1) is 12.1. The van der Waals surface area contributed by atoms with E-state index in [0.29, 0.717) is 31.2 Å². The Balaban J connectivity index is 1.55. The van der Waals surface area contributed by atoms with E-state index >= 15 is 0 Å². The van der Waals surface area contributed by atoms with Crippen molar-refractivity contribution < 1.29 is 18.4 Å². The Hall–Kier alpha value is -3.02. The highest BCUT2D eigenvalue weighted by Crippen LogP contribution is 2.13. The maximum atomic E-state index is 12.3. The molecule has 0 spiro atoms. The predicted molar refractivity (Wildman–Crippen MR) is 93.2 cm³/mol. The third-order valence-corrected chi connectivity index (χ3v) is 4.09. The molecule has 0 aliphatic carbocycles. The minimum absolute atomic E-state index is 0.0523. The lowest BCUT2D eigenvalue weighted by Crippen LogP contribution is -2.54. The molecule has 0 unspecified atom stereocenters. The quantitative estimate of drug-likeness (QED) is 0.803. The van der Waals surface area contributed by atoms with Crippen LogP contribution >= 0.6 is 0 Å². The van der Waals surface area contributed by atoms with Crippen LogP contribution in [-0.2, 0) is 9.59 Å². The van der Waals surface area contributed by atoms with Crippen LogP contribution in [0.1, 0.15) is 18.4 Å². The molecule has 0 bridgehead atoms. The lowest BCUT2D eigenvalue weighted by Gasteiger charge is -2.39. The van der Waals surface area contributed by atoms with E-state index in [1.165, 1.54) is 12.2 Å². The third kappa shape index (κ3) is 4.29. The summed E-state index contributed by atoms with van der Waals surface area (Å²) in [5.41, 5.74) is 0. The van der Waals surface area contributed by atoms with Crippen LogP contribution < -0.4 is 0 Å². The van der Waals surface area contributed by atoms with E-state index in [1.807, 2.05) is 6.92 Å². The number of nitrogens with zero attached hydrogens (tertiary/aromatic N) is 2. The molecule has 0 radical (unpaired) electrons. The zero-order valence-corrected chi connectivity index (χ0v) is 14.0. The maximum absolute atomic E-state index is 12.3. The van der Waals surface area contributed by atoms with Gasteiger partial charge in [-0.2, -0.15) is 0 Å². The van der Waals surface area contributed by atoms with E-state index in [0.717, 1.165) is 0 Å². The standard InChI is InChI=1S/C19H20N2O4/c1-15-14-20(18(22)8-6-16-4-2-12-24-16)10-11-21(15)19(23)9-7-17-5-3-13-25-17/h2-9,12-13,15H,10-11,14H2,1H3/b8-6+,9-7-/t15-/m0/s1. The predicted octanol–water partition coefficient (Wildman–Crippen LogP) is 2.66. The lowest BCUT2D eigenvalue weighted by atomic mass is 10.1. The lowest BCUT2D eigenvalue weighted by molar-refractivity contribution is -0.136. The molecule has 3 heterocycles. The van der Waals surface area contributed by atoms with E-state index in [1.54, 1.807) is 58.7 Å². The number of carbonyl (C=O) groups is 2. The largest absolute Gasteiger partial charge is 0.465 e. The molecule has 0 aromatic carbocycles. The summed E-state index contributed by atoms with van der Waals surface area (Å²) in [6.07, 6.45) is 9.43. The van der Waals surface area contributed by atoms with Gasteiger partial charge < -0.3 is 18.6 Å². The Kier molecular flexibility index (Phi) is 5.18. The van der Waals surface area contributed by atoms with Crippen molar-refractivity contribution in [2.45, 2.75) is 13.0 Å². The van der Waals surface area contributed by atoms with Gasteiger partial charge in [-0.3, -0.25) is 9.59 Å². The summed E-state index contributed by atoms with van der Waals surface area (Å²) in [5, 5.41) is 0. The van der Waals surface area contributed by atoms with Gasteiger partial charge in [0.15, 0.2) is 0 Å². The van der Waals surface area contributed by atoms with E-state index in [4.69, 9.17) is 8.83 Å². The normalized spacial score (nSPS) is 18.4. The van der Waals surface area contributed by atoms with Crippen molar-refractivity contribution in [2.75, 3.05) is 19.6 Å². The summed E-state index contributed by atoms with van der Waals surface area (Å²) in [6.45, 7) is 3.45. The van der Waals surface area contributed by atoms with Crippen molar-refractivity contribution in [1.82, 2.24) is 9.80 Å². The van der Waals surface area contributed by atoms with Gasteiger partial charge in [-0.05, 0) is 43.3 Å². The summed E-state index contributed by atoms with van der Waals surface area (Å²) in [4.78, 5) is 28.1. The number of hydrogen-bond donors (Lipinski definition) is 0. The Morgan fingerprint density at radius 1 is 1.00 bits per heavy atom. The van der Waals surface area contributed by atoms with Gasteiger partial charge in [0.2, 0.25) is 11.8 Å². The zero-order valence-electron chi connectivity index (χ0n) is 14.0. The van der Waals surface area contributed by atoms with E-state index in [-0.39, 0.29) is 17.9 Å². The molecule has 2 aromatic rings. The number of carbonyl (C=O) groups excluding carboxylic acids is 2. The molecule has 1 aliphatic rings. The van der Waals surface area contributed by atoms with Crippen molar-refractivity contribution in [3.05, 3.63) is 60.5 Å². The molecular formula is C19H20N2O4. The van der Waals surface area contributed by atoms with Gasteiger partial charge >= 0.3 is 0 Å². The molecule has 2 amide bonds. The molecule has 0 N–H and O–H groups in total. The molecule has 130 valence electrons. The Bertz CT molecular complexity index is 759. The fourth-order valence-corrected chi connectivity index (χ4v) is 2.77. The number of piperazine rings is 1. The highest BCUT2D eigenvalue weighted by Gasteiger charge is 2.27. The molecule has 25 heavy (non-hydrogen) atoms. The summed E-state index contributed by atoms with van der Waals surface area (Å²) in [5.74, 6) is 1.11. The van der Waals surface area contributed by atoms with E-state index in [9.17, 15) is 9.59 Å². The SMILES string of the molecule is C[C@H]1CN(C(=O)/C=C/c2ccco2)CCN1C(=O)/C=C\c1ccco1. The number of rotatable bonds is 4. The Labute approximate surface area is 146 Å². The summed E-state index contributed by atoms with van der Waals surface area (Å²) >= 11 is 0. The van der Waals surface area contributed by atoms with Crippen LogP contribution in [0.4, 0.5) is 0 Å². The van der Waals surface area contributed by atoms with Gasteiger partial charge in [0.25, 0.3) is 0 Å². The second-order valence-corrected chi connectivity index (χ2v) is 5.86. The first-order valence-electron chi connectivity index (χ1n) is 8.16. The fraction of sp³-hybridized carbons (Fsp3) is 0.263. The van der Waals surface area contributed by atoms with Crippen LogP contribution in [0.5, 0.6) is 0 Å². The molecule has 1 saturated heterocycles. The van der Waals surface area contributed by atoms with Crippen LogP contribution in [0.3, 0.4) is 0 Å². The van der Waals surface area contributed by atoms with Crippen LogP contribution in [0.15, 0.2) is 57.8 Å². The van der Waals surface area contributed by atoms with Crippen LogP contribution in [-0.4, -0.2) is 47.3 Å². The summed E-state index contributed by atoms with van der Waals surface area (Å²) in [7, 11) is 0. The van der Waals surface area contributed by atoms with Crippen molar-refractivity contribution in [1.29, 1.82) is 0 Å². The molecule has 0 saturated carbocycles. The topological polar surface area (TPSA) is 66.9 Å². The number of furan rings is 2. The molecule has 1 fully saturated rings. The van der Waals surface area contributed by atoms with Crippen molar-refractivity contribution in [3.8, 4) is 0 Å². The van der Waals surface area contributed by atoms with Gasteiger partial charge in [0.1, 0.15) is 11.5 Å². The monoisotopic (exact) mass is 340 g/mol. The van der Waals surface area contributed by atoms with Crippen molar-refractivity contribution >= 4 is 24.0 Å². The molecule has 1 atom stereocenters. The van der Waals surface area contributed by atoms with Crippen LogP contribution in [0, 0.1) is 0 Å². The first kappa shape index (κ1) is 16.8. The van der Waals surface area contributed by atoms with Gasteiger partial charge in [0, 0.05) is 37.8 Å². The highest BCUT2D eigenvalue weighted by atomic mass is 16.3. The van der Waals surface area contributed by atoms with Crippen LogP contribution in [0.2, 0.25) is 0 Å². The maximum Gasteiger partial charge on any atom is 0.247 e. The third-order valence-electron chi connectivity index (χ3n) is 4.09. The fourth-order valence-electron chi connectivity index (χ4n) is 2.77. The second-order valence-electron chi connectivity index (χ2n) is 5.86. The van der Waals surface area contributed by atoms with Gasteiger partial charge in [-0.1, -0.05) is 0 Å². The Morgan fingerprint density at radius 3 is 2.12 bits per heavy atom. The van der Waals surface area contributed by atoms with Crippen molar-refractivity contribution in [3.63, 3.8) is 0 Å². The molecule has 1 aliphatic heterocycles. The van der Waals surface area contributed by atoms with E-state index < -0.39 is 0 Å². The number of hydrogen-bond acceptors (Lipinski definition) is 4. The first-order valence-corrected chi connectivity index (χ1v) is 8.16. The molecule has 6 heteroatoms. The Morgan fingerprint density at radius 2 is 1.60 bits per heavy atom. The minimum Gasteiger partial charge on any atom is -0.465 e. The molecule has 6 nitrogen and oxygen atoms in total. The molecular weight excluding hydrogens is 320 g/mol. The average molecular weight is 340 g/mol. The van der Waals surface area contributed by atoms with Gasteiger partial charge in [-0.25, -0.2) is 0 Å². The molecule has 2 aromatic heterocycles. The molecule has 3 rings (SSSR count). The smallest absolute Gasteiger partial charge is 0.247 e. The summed E-state index contributed by atoms with van der Waals surface area (Å²) < 4.78 is 10.4. The highest BCUT2D eigenvalue weighted by molar-refractivity contribution is 5.93. The van der Waals surface area contributed by atoms with Gasteiger partial charge in [0.05, 0.1) is 12.5 Å². The van der Waals surface area contributed by atoms with Crippen molar-refractivity contribution in [2.24, 2.45) is 0 Å². The van der Waals surface area contributed by atoms with E-state index in [2.05, 4.69) is 0 Å². The average Bonchev–Trinajstić information content (AvgIpc) is 3.31. The van der Waals surface area contributed by atoms with Crippen LogP contribution in [0.25, 0.3) is 12.2 Å². The van der Waals surface area contributed by atoms with Gasteiger partial charge in [-0.15, -0.1) is 0 Å². The second kappa shape index (κ2) is 7.70. The number of amides is 2. The minimum atomic E-state index is -0.0820. The summed E-state index contributed by atoms with van der Waals surface area (Å²) in [6, 6.07) is 7.06.